The average molecular weight is 365 g/mol. The molecule has 3 N–H and O–H groups in total. The molecule has 2 aromatic carbocycles. The van der Waals surface area contributed by atoms with Crippen LogP contribution in [0.25, 0.3) is 11.1 Å². The van der Waals surface area contributed by atoms with Gasteiger partial charge in [0.2, 0.25) is 5.91 Å². The minimum Gasteiger partial charge on any atom is -0.349 e. The molecule has 0 atom stereocenters. The number of hydrogen-bond acceptors (Lipinski definition) is 3. The van der Waals surface area contributed by atoms with Crippen molar-refractivity contribution in [1.29, 1.82) is 0 Å². The number of hydrogen-bond donors (Lipinski definition) is 2. The zero-order valence-electron chi connectivity index (χ0n) is 15.8. The van der Waals surface area contributed by atoms with Gasteiger partial charge in [-0.25, -0.2) is 0 Å². The zero-order chi connectivity index (χ0) is 19.2. The summed E-state index contributed by atoms with van der Waals surface area (Å²) in [5.74, 6) is -0.0813. The summed E-state index contributed by atoms with van der Waals surface area (Å²) in [6, 6.07) is 16.1. The van der Waals surface area contributed by atoms with Crippen molar-refractivity contribution >= 4 is 11.8 Å². The van der Waals surface area contributed by atoms with Gasteiger partial charge in [-0.15, -0.1) is 0 Å². The molecule has 0 aliphatic heterocycles. The highest BCUT2D eigenvalue weighted by atomic mass is 16.2. The fourth-order valence-corrected chi connectivity index (χ4v) is 3.52. The van der Waals surface area contributed by atoms with Crippen molar-refractivity contribution in [2.75, 3.05) is 13.6 Å². The molecule has 0 radical (unpaired) electrons. The Balaban J connectivity index is 1.68. The van der Waals surface area contributed by atoms with E-state index in [1.165, 1.54) is 12.8 Å². The van der Waals surface area contributed by atoms with Crippen LogP contribution >= 0.6 is 0 Å². The number of carbonyl (C=O) groups excluding carboxylic acids is 2. The van der Waals surface area contributed by atoms with Gasteiger partial charge in [-0.1, -0.05) is 43.2 Å². The number of benzene rings is 2. The van der Waals surface area contributed by atoms with Gasteiger partial charge in [0, 0.05) is 25.2 Å². The summed E-state index contributed by atoms with van der Waals surface area (Å²) < 4.78 is 0. The van der Waals surface area contributed by atoms with Crippen LogP contribution in [0.5, 0.6) is 0 Å². The molecule has 0 bridgehead atoms. The maximum absolute atomic E-state index is 12.4. The predicted molar refractivity (Wildman–Crippen MR) is 107 cm³/mol. The van der Waals surface area contributed by atoms with E-state index in [1.54, 1.807) is 11.9 Å². The Morgan fingerprint density at radius 3 is 2.44 bits per heavy atom. The zero-order valence-corrected chi connectivity index (χ0v) is 15.8. The normalized spacial score (nSPS) is 14.1. The first-order valence-corrected chi connectivity index (χ1v) is 9.51. The van der Waals surface area contributed by atoms with Crippen molar-refractivity contribution in [3.63, 3.8) is 0 Å². The van der Waals surface area contributed by atoms with Crippen molar-refractivity contribution in [2.45, 2.75) is 38.3 Å². The molecule has 5 heteroatoms. The topological polar surface area (TPSA) is 75.4 Å². The molecular formula is C22H27N3O2. The number of nitrogens with zero attached hydrogens (tertiary/aromatic N) is 1. The highest BCUT2D eigenvalue weighted by Gasteiger charge is 2.17. The standard InChI is InChI=1S/C22H27N3O2/c1-25(21(26)14-23)15-16-5-4-6-19(13-16)17-9-11-18(12-10-17)22(27)24-20-7-2-3-8-20/h4-6,9-13,20H,2-3,7-8,14-15,23H2,1H3,(H,24,27). The summed E-state index contributed by atoms with van der Waals surface area (Å²) in [4.78, 5) is 25.6. The van der Waals surface area contributed by atoms with Crippen LogP contribution in [-0.2, 0) is 11.3 Å². The smallest absolute Gasteiger partial charge is 0.251 e. The first-order valence-electron chi connectivity index (χ1n) is 9.51. The van der Waals surface area contributed by atoms with Gasteiger partial charge in [-0.2, -0.15) is 0 Å². The molecule has 0 saturated heterocycles. The van der Waals surface area contributed by atoms with Gasteiger partial charge in [-0.05, 0) is 47.7 Å². The van der Waals surface area contributed by atoms with Crippen LogP contribution in [-0.4, -0.2) is 36.3 Å². The van der Waals surface area contributed by atoms with Gasteiger partial charge < -0.3 is 16.0 Å². The van der Waals surface area contributed by atoms with Crippen LogP contribution in [0.2, 0.25) is 0 Å². The SMILES string of the molecule is CN(Cc1cccc(-c2ccc(C(=O)NC3CCCC3)cc2)c1)C(=O)CN. The predicted octanol–water partition coefficient (Wildman–Crippen LogP) is 2.94. The molecule has 0 spiro atoms. The fraction of sp³-hybridized carbons (Fsp3) is 0.364. The molecule has 1 fully saturated rings. The van der Waals surface area contributed by atoms with Crippen LogP contribution in [0, 0.1) is 0 Å². The fourth-order valence-electron chi connectivity index (χ4n) is 3.52. The molecule has 1 aliphatic carbocycles. The van der Waals surface area contributed by atoms with Crippen LogP contribution in [0.15, 0.2) is 48.5 Å². The molecule has 3 rings (SSSR count). The Hall–Kier alpha value is -2.66. The number of nitrogens with one attached hydrogen (secondary N) is 1. The second kappa shape index (κ2) is 8.82. The third-order valence-electron chi connectivity index (χ3n) is 5.12. The van der Waals surface area contributed by atoms with E-state index in [9.17, 15) is 9.59 Å². The molecule has 2 amide bonds. The van der Waals surface area contributed by atoms with Crippen LogP contribution < -0.4 is 11.1 Å². The van der Waals surface area contributed by atoms with E-state index in [-0.39, 0.29) is 18.4 Å². The van der Waals surface area contributed by atoms with Crippen molar-refractivity contribution < 1.29 is 9.59 Å². The summed E-state index contributed by atoms with van der Waals surface area (Å²) in [5, 5.41) is 3.11. The first kappa shape index (κ1) is 19.1. The summed E-state index contributed by atoms with van der Waals surface area (Å²) in [5.41, 5.74) is 9.25. The average Bonchev–Trinajstić information content (AvgIpc) is 3.20. The Morgan fingerprint density at radius 1 is 1.07 bits per heavy atom. The summed E-state index contributed by atoms with van der Waals surface area (Å²) in [7, 11) is 1.75. The quantitative estimate of drug-likeness (QED) is 0.826. The Bertz CT molecular complexity index is 795. The van der Waals surface area contributed by atoms with Crippen molar-refractivity contribution in [2.24, 2.45) is 5.73 Å². The van der Waals surface area contributed by atoms with Gasteiger partial charge in [0.25, 0.3) is 5.91 Å². The second-order valence-corrected chi connectivity index (χ2v) is 7.19. The van der Waals surface area contributed by atoms with Crippen molar-refractivity contribution in [3.05, 3.63) is 59.7 Å². The molecule has 1 saturated carbocycles. The third kappa shape index (κ3) is 4.95. The van der Waals surface area contributed by atoms with E-state index in [1.807, 2.05) is 42.5 Å². The first-order chi connectivity index (χ1) is 13.1. The van der Waals surface area contributed by atoms with Crippen molar-refractivity contribution in [3.8, 4) is 11.1 Å². The summed E-state index contributed by atoms with van der Waals surface area (Å²) in [6.45, 7) is 0.534. The molecule has 2 aromatic rings. The van der Waals surface area contributed by atoms with E-state index in [0.717, 1.165) is 29.5 Å². The van der Waals surface area contributed by atoms with E-state index < -0.39 is 0 Å². The highest BCUT2D eigenvalue weighted by Crippen LogP contribution is 2.22. The van der Waals surface area contributed by atoms with E-state index >= 15 is 0 Å². The van der Waals surface area contributed by atoms with Gasteiger partial charge in [-0.3, -0.25) is 9.59 Å². The minimum absolute atomic E-state index is 0.00382. The van der Waals surface area contributed by atoms with Crippen molar-refractivity contribution in [1.82, 2.24) is 10.2 Å². The molecule has 142 valence electrons. The Morgan fingerprint density at radius 2 is 1.78 bits per heavy atom. The number of rotatable bonds is 6. The largest absolute Gasteiger partial charge is 0.349 e. The maximum atomic E-state index is 12.4. The highest BCUT2D eigenvalue weighted by molar-refractivity contribution is 5.94. The van der Waals surface area contributed by atoms with Gasteiger partial charge in [0.15, 0.2) is 0 Å². The second-order valence-electron chi connectivity index (χ2n) is 7.19. The van der Waals surface area contributed by atoms with Crippen LogP contribution in [0.4, 0.5) is 0 Å². The molecular weight excluding hydrogens is 338 g/mol. The number of amides is 2. The van der Waals surface area contributed by atoms with E-state index in [2.05, 4.69) is 11.4 Å². The monoisotopic (exact) mass is 365 g/mol. The molecule has 1 aliphatic rings. The number of carbonyl (C=O) groups is 2. The van der Waals surface area contributed by atoms with E-state index in [4.69, 9.17) is 5.73 Å². The van der Waals surface area contributed by atoms with Crippen LogP contribution in [0.1, 0.15) is 41.6 Å². The molecule has 5 nitrogen and oxygen atoms in total. The lowest BCUT2D eigenvalue weighted by molar-refractivity contribution is -0.128. The lowest BCUT2D eigenvalue weighted by atomic mass is 10.0. The Kier molecular flexibility index (Phi) is 6.24. The molecule has 27 heavy (non-hydrogen) atoms. The number of likely N-dealkylation sites (N-methyl/N-ethyl adjacent to an activating group) is 1. The van der Waals surface area contributed by atoms with Gasteiger partial charge >= 0.3 is 0 Å². The summed E-state index contributed by atoms with van der Waals surface area (Å²) >= 11 is 0. The molecule has 0 unspecified atom stereocenters. The molecule has 0 heterocycles. The van der Waals surface area contributed by atoms with E-state index in [0.29, 0.717) is 18.2 Å². The summed E-state index contributed by atoms with van der Waals surface area (Å²) in [6.07, 6.45) is 4.56. The maximum Gasteiger partial charge on any atom is 0.251 e. The minimum atomic E-state index is -0.0852. The molecule has 0 aromatic heterocycles. The lowest BCUT2D eigenvalue weighted by Crippen LogP contribution is -2.32. The third-order valence-corrected chi connectivity index (χ3v) is 5.12. The lowest BCUT2D eigenvalue weighted by Gasteiger charge is -2.17. The number of nitrogens with two attached hydrogens (primary N) is 1. The van der Waals surface area contributed by atoms with Gasteiger partial charge in [0.1, 0.15) is 0 Å². The Labute approximate surface area is 160 Å². The van der Waals surface area contributed by atoms with Gasteiger partial charge in [0.05, 0.1) is 6.54 Å². The van der Waals surface area contributed by atoms with Crippen LogP contribution in [0.3, 0.4) is 0 Å².